The van der Waals surface area contributed by atoms with Gasteiger partial charge in [0.2, 0.25) is 0 Å². The van der Waals surface area contributed by atoms with Gasteiger partial charge in [-0.25, -0.2) is 8.42 Å². The molecule has 1 saturated carbocycles. The Morgan fingerprint density at radius 3 is 2.44 bits per heavy atom. The molecule has 0 aromatic carbocycles. The average Bonchev–Trinajstić information content (AvgIpc) is 2.61. The van der Waals surface area contributed by atoms with Crippen LogP contribution in [0.5, 0.6) is 0 Å². The Balaban J connectivity index is 2.86. The number of hydrogen-bond donors (Lipinski definition) is 1. The van der Waals surface area contributed by atoms with Crippen molar-refractivity contribution in [2.45, 2.75) is 44.4 Å². The van der Waals surface area contributed by atoms with E-state index in [1.165, 1.54) is 6.26 Å². The maximum atomic E-state index is 11.7. The summed E-state index contributed by atoms with van der Waals surface area (Å²) in [7, 11) is -3.10. The Morgan fingerprint density at radius 2 is 2.00 bits per heavy atom. The highest BCUT2D eigenvalue weighted by atomic mass is 32.2. The van der Waals surface area contributed by atoms with Gasteiger partial charge in [-0.1, -0.05) is 20.3 Å². The summed E-state index contributed by atoms with van der Waals surface area (Å²) in [6.45, 7) is 4.58. The molecule has 1 aliphatic rings. The van der Waals surface area contributed by atoms with Crippen molar-refractivity contribution in [3.63, 3.8) is 0 Å². The van der Waals surface area contributed by atoms with E-state index < -0.39 is 21.1 Å². The molecular weight excluding hydrogens is 254 g/mol. The topological polar surface area (TPSA) is 74.7 Å². The second-order valence-electron chi connectivity index (χ2n) is 5.58. The van der Waals surface area contributed by atoms with Gasteiger partial charge in [0.05, 0.1) is 11.8 Å². The van der Waals surface area contributed by atoms with Crippen molar-refractivity contribution in [1.29, 1.82) is 0 Å². The number of aliphatic carboxylic acids is 1. The molecule has 0 aliphatic heterocycles. The van der Waals surface area contributed by atoms with E-state index in [0.717, 1.165) is 12.8 Å². The summed E-state index contributed by atoms with van der Waals surface area (Å²) in [5, 5.41) is 8.55. The van der Waals surface area contributed by atoms with Crippen molar-refractivity contribution in [3.8, 4) is 0 Å². The Labute approximate surface area is 109 Å². The van der Waals surface area contributed by atoms with Gasteiger partial charge in [0.15, 0.2) is 9.84 Å². The fraction of sp³-hybridized carbons (Fsp3) is 0.917. The van der Waals surface area contributed by atoms with Gasteiger partial charge < -0.3 is 5.11 Å². The van der Waals surface area contributed by atoms with Gasteiger partial charge in [-0.05, 0) is 18.8 Å². The Morgan fingerprint density at radius 1 is 1.39 bits per heavy atom. The van der Waals surface area contributed by atoms with E-state index in [4.69, 9.17) is 5.11 Å². The van der Waals surface area contributed by atoms with E-state index >= 15 is 0 Å². The van der Waals surface area contributed by atoms with E-state index in [1.54, 1.807) is 0 Å². The molecule has 0 heterocycles. The number of nitrogens with zero attached hydrogens (tertiary/aromatic N) is 1. The van der Waals surface area contributed by atoms with Gasteiger partial charge in [0.25, 0.3) is 0 Å². The molecule has 2 unspecified atom stereocenters. The minimum Gasteiger partial charge on any atom is -0.480 e. The van der Waals surface area contributed by atoms with Crippen LogP contribution in [0.15, 0.2) is 0 Å². The number of carboxylic acids is 1. The Kier molecular flexibility index (Phi) is 5.16. The Hall–Kier alpha value is -0.620. The summed E-state index contributed by atoms with van der Waals surface area (Å²) in [6.07, 6.45) is 3.54. The van der Waals surface area contributed by atoms with Crippen LogP contribution in [-0.4, -0.2) is 55.0 Å². The molecule has 0 bridgehead atoms. The first-order chi connectivity index (χ1) is 8.21. The number of hydrogen-bond acceptors (Lipinski definition) is 4. The second-order valence-corrected chi connectivity index (χ2v) is 7.85. The fourth-order valence-corrected chi connectivity index (χ4v) is 4.26. The molecule has 5 nitrogen and oxygen atoms in total. The third-order valence-electron chi connectivity index (χ3n) is 3.37. The third-order valence-corrected chi connectivity index (χ3v) is 5.02. The molecule has 1 N–H and O–H groups in total. The summed E-state index contributed by atoms with van der Waals surface area (Å²) in [5.41, 5.74) is 0. The van der Waals surface area contributed by atoms with E-state index in [2.05, 4.69) is 0 Å². The van der Waals surface area contributed by atoms with E-state index in [0.29, 0.717) is 18.9 Å². The molecule has 1 aliphatic carbocycles. The molecule has 0 radical (unpaired) electrons. The second kappa shape index (κ2) is 6.02. The minimum atomic E-state index is -3.10. The molecule has 1 rings (SSSR count). The van der Waals surface area contributed by atoms with Crippen LogP contribution in [0.1, 0.15) is 33.1 Å². The minimum absolute atomic E-state index is 0.0745. The van der Waals surface area contributed by atoms with E-state index in [9.17, 15) is 13.2 Å². The van der Waals surface area contributed by atoms with Crippen LogP contribution in [0, 0.1) is 5.92 Å². The van der Waals surface area contributed by atoms with Gasteiger partial charge in [-0.15, -0.1) is 0 Å². The lowest BCUT2D eigenvalue weighted by Crippen LogP contribution is -2.47. The van der Waals surface area contributed by atoms with E-state index in [-0.39, 0.29) is 12.6 Å². The molecule has 0 spiro atoms. The third kappa shape index (κ3) is 4.24. The zero-order chi connectivity index (χ0) is 13.9. The lowest BCUT2D eigenvalue weighted by Gasteiger charge is -2.32. The van der Waals surface area contributed by atoms with Crippen LogP contribution in [0.2, 0.25) is 0 Å². The molecular formula is C12H23NO4S. The summed E-state index contributed by atoms with van der Waals surface area (Å²) >= 11 is 0. The van der Waals surface area contributed by atoms with Crippen LogP contribution in [0.4, 0.5) is 0 Å². The first-order valence-electron chi connectivity index (χ1n) is 6.36. The summed E-state index contributed by atoms with van der Waals surface area (Å²) in [4.78, 5) is 12.7. The molecule has 0 amide bonds. The first-order valence-corrected chi connectivity index (χ1v) is 8.32. The van der Waals surface area contributed by atoms with Crippen LogP contribution >= 0.6 is 0 Å². The highest BCUT2D eigenvalue weighted by molar-refractivity contribution is 7.91. The van der Waals surface area contributed by atoms with Crippen molar-refractivity contribution in [3.05, 3.63) is 0 Å². The van der Waals surface area contributed by atoms with Crippen LogP contribution in [0.3, 0.4) is 0 Å². The highest BCUT2D eigenvalue weighted by Crippen LogP contribution is 2.29. The fourth-order valence-electron chi connectivity index (χ4n) is 2.78. The largest absolute Gasteiger partial charge is 0.480 e. The van der Waals surface area contributed by atoms with Gasteiger partial charge in [-0.2, -0.15) is 0 Å². The van der Waals surface area contributed by atoms with Crippen LogP contribution in [-0.2, 0) is 14.6 Å². The lowest BCUT2D eigenvalue weighted by atomic mass is 10.1. The molecule has 0 saturated heterocycles. The van der Waals surface area contributed by atoms with E-state index in [1.807, 2.05) is 18.7 Å². The maximum Gasteiger partial charge on any atom is 0.317 e. The standard InChI is InChI=1S/C12H23NO4S/c1-9(2)7-13(8-12(14)15)10-5-4-6-11(10)18(3,16)17/h9-11H,4-8H2,1-3H3,(H,14,15). The summed E-state index contributed by atoms with van der Waals surface area (Å²) < 4.78 is 23.5. The lowest BCUT2D eigenvalue weighted by molar-refractivity contribution is -0.139. The predicted molar refractivity (Wildman–Crippen MR) is 70.3 cm³/mol. The molecule has 0 aromatic heterocycles. The molecule has 18 heavy (non-hydrogen) atoms. The average molecular weight is 277 g/mol. The monoisotopic (exact) mass is 277 g/mol. The van der Waals surface area contributed by atoms with Gasteiger partial charge >= 0.3 is 5.97 Å². The van der Waals surface area contributed by atoms with Crippen molar-refractivity contribution in [2.24, 2.45) is 5.92 Å². The van der Waals surface area contributed by atoms with Crippen LogP contribution < -0.4 is 0 Å². The number of carboxylic acid groups (broad SMARTS) is 1. The number of carbonyl (C=O) groups is 1. The van der Waals surface area contributed by atoms with Crippen molar-refractivity contribution in [1.82, 2.24) is 4.90 Å². The quantitative estimate of drug-likeness (QED) is 0.784. The molecule has 6 heteroatoms. The first kappa shape index (κ1) is 15.4. The maximum absolute atomic E-state index is 11.7. The van der Waals surface area contributed by atoms with Crippen molar-refractivity contribution >= 4 is 15.8 Å². The van der Waals surface area contributed by atoms with Gasteiger partial charge in [0.1, 0.15) is 0 Å². The zero-order valence-corrected chi connectivity index (χ0v) is 12.1. The number of sulfone groups is 1. The number of rotatable bonds is 6. The van der Waals surface area contributed by atoms with Gasteiger partial charge in [0, 0.05) is 18.8 Å². The van der Waals surface area contributed by atoms with Crippen molar-refractivity contribution in [2.75, 3.05) is 19.3 Å². The molecule has 1 fully saturated rings. The summed E-state index contributed by atoms with van der Waals surface area (Å²) in [5.74, 6) is -0.569. The van der Waals surface area contributed by atoms with Gasteiger partial charge in [-0.3, -0.25) is 9.69 Å². The SMILES string of the molecule is CC(C)CN(CC(=O)O)C1CCCC1S(C)(=O)=O. The molecule has 2 atom stereocenters. The normalized spacial score (nSPS) is 24.9. The predicted octanol–water partition coefficient (Wildman–Crippen LogP) is 0.995. The highest BCUT2D eigenvalue weighted by Gasteiger charge is 2.38. The zero-order valence-electron chi connectivity index (χ0n) is 11.3. The summed E-state index contributed by atoms with van der Waals surface area (Å²) in [6, 6.07) is -0.140. The smallest absolute Gasteiger partial charge is 0.317 e. The molecule has 0 aromatic rings. The van der Waals surface area contributed by atoms with Crippen LogP contribution in [0.25, 0.3) is 0 Å². The molecule has 106 valence electrons. The van der Waals surface area contributed by atoms with Crippen molar-refractivity contribution < 1.29 is 18.3 Å². The Bertz CT molecular complexity index is 391.